The van der Waals surface area contributed by atoms with Gasteiger partial charge in [0.15, 0.2) is 0 Å². The van der Waals surface area contributed by atoms with E-state index in [2.05, 4.69) is 48.7 Å². The molecule has 2 amide bonds. The molecule has 0 bridgehead atoms. The van der Waals surface area contributed by atoms with Crippen molar-refractivity contribution in [2.45, 2.75) is 77.4 Å². The van der Waals surface area contributed by atoms with Crippen LogP contribution in [0.5, 0.6) is 5.75 Å². The molecule has 0 radical (unpaired) electrons. The Morgan fingerprint density at radius 3 is 2.58 bits per heavy atom. The van der Waals surface area contributed by atoms with E-state index in [1.165, 1.54) is 0 Å². The highest BCUT2D eigenvalue weighted by Gasteiger charge is 2.41. The highest BCUT2D eigenvalue weighted by molar-refractivity contribution is 14.1. The second-order valence-electron chi connectivity index (χ2n) is 12.4. The van der Waals surface area contributed by atoms with E-state index in [0.29, 0.717) is 44.7 Å². The van der Waals surface area contributed by atoms with E-state index in [1.807, 2.05) is 18.2 Å². The summed E-state index contributed by atoms with van der Waals surface area (Å²) in [7, 11) is 0. The van der Waals surface area contributed by atoms with Gasteiger partial charge in [0, 0.05) is 25.1 Å². The van der Waals surface area contributed by atoms with Crippen molar-refractivity contribution in [2.75, 3.05) is 19.8 Å². The number of hydrogen-bond donors (Lipinski definition) is 3. The fourth-order valence-electron chi connectivity index (χ4n) is 6.26. The van der Waals surface area contributed by atoms with Crippen LogP contribution in [0.25, 0.3) is 0 Å². The first-order chi connectivity index (χ1) is 21.5. The third-order valence-electron chi connectivity index (χ3n) is 8.75. The van der Waals surface area contributed by atoms with Crippen LogP contribution in [0.1, 0.15) is 52.0 Å². The van der Waals surface area contributed by atoms with Gasteiger partial charge in [0.1, 0.15) is 24.6 Å². The lowest BCUT2D eigenvalue weighted by molar-refractivity contribution is -0.149. The van der Waals surface area contributed by atoms with E-state index in [4.69, 9.17) is 32.7 Å². The molecule has 246 valence electrons. The minimum Gasteiger partial charge on any atom is -0.482 e. The van der Waals surface area contributed by atoms with Crippen molar-refractivity contribution in [3.63, 3.8) is 0 Å². The van der Waals surface area contributed by atoms with Crippen LogP contribution in [0.4, 0.5) is 0 Å². The smallest absolute Gasteiger partial charge is 0.249 e. The third-order valence-corrected chi connectivity index (χ3v) is 10.4. The number of rotatable bonds is 12. The van der Waals surface area contributed by atoms with Crippen molar-refractivity contribution in [1.29, 1.82) is 0 Å². The van der Waals surface area contributed by atoms with Gasteiger partial charge in [0.25, 0.3) is 0 Å². The summed E-state index contributed by atoms with van der Waals surface area (Å²) in [6.07, 6.45) is 2.63. The summed E-state index contributed by atoms with van der Waals surface area (Å²) < 4.78 is 13.5. The summed E-state index contributed by atoms with van der Waals surface area (Å²) in [6, 6.07) is 11.7. The quantitative estimate of drug-likeness (QED) is 0.228. The van der Waals surface area contributed by atoms with Crippen LogP contribution in [0.2, 0.25) is 10.0 Å². The van der Waals surface area contributed by atoms with Crippen LogP contribution < -0.4 is 10.1 Å². The molecule has 4 rings (SSSR count). The highest BCUT2D eigenvalue weighted by Crippen LogP contribution is 2.36. The molecule has 2 aliphatic carbocycles. The summed E-state index contributed by atoms with van der Waals surface area (Å²) in [5, 5.41) is 24.5. The molecule has 1 fully saturated rings. The lowest BCUT2D eigenvalue weighted by Crippen LogP contribution is -2.55. The number of nitrogens with zero attached hydrogens (tertiary/aromatic N) is 1. The van der Waals surface area contributed by atoms with Gasteiger partial charge in [-0.05, 0) is 89.1 Å². The molecule has 0 saturated heterocycles. The molecule has 2 aliphatic rings. The minimum absolute atomic E-state index is 0.0447. The molecule has 3 N–H and O–H groups in total. The summed E-state index contributed by atoms with van der Waals surface area (Å²) in [5.74, 6) is 1.13. The Hall–Kier alpha value is -1.89. The van der Waals surface area contributed by atoms with E-state index >= 15 is 0 Å². The fraction of sp³-hybridized carbons (Fsp3) is 0.529. The van der Waals surface area contributed by atoms with E-state index in [9.17, 15) is 19.8 Å². The number of hydrogen-bond acceptors (Lipinski definition) is 6. The predicted octanol–water partition coefficient (Wildman–Crippen LogP) is 6.02. The predicted molar refractivity (Wildman–Crippen MR) is 184 cm³/mol. The van der Waals surface area contributed by atoms with Crippen LogP contribution >= 0.6 is 45.8 Å². The first-order valence-electron chi connectivity index (χ1n) is 15.5. The number of halogens is 3. The number of nitrogens with one attached hydrogen (secondary N) is 1. The van der Waals surface area contributed by atoms with Gasteiger partial charge in [-0.3, -0.25) is 9.59 Å². The molecule has 1 saturated carbocycles. The second-order valence-corrected chi connectivity index (χ2v) is 14.4. The van der Waals surface area contributed by atoms with Gasteiger partial charge in [0.05, 0.1) is 32.4 Å². The Labute approximate surface area is 289 Å². The molecular weight excluding hydrogens is 730 g/mol. The topological polar surface area (TPSA) is 108 Å². The van der Waals surface area contributed by atoms with E-state index in [0.717, 1.165) is 22.8 Å². The van der Waals surface area contributed by atoms with E-state index in [-0.39, 0.29) is 44.7 Å². The number of aliphatic hydroxyl groups excluding tert-OH is 2. The fourth-order valence-corrected chi connectivity index (χ4v) is 7.09. The van der Waals surface area contributed by atoms with Gasteiger partial charge in [-0.2, -0.15) is 0 Å². The molecule has 8 nitrogen and oxygen atoms in total. The molecule has 45 heavy (non-hydrogen) atoms. The van der Waals surface area contributed by atoms with Gasteiger partial charge in [-0.15, -0.1) is 0 Å². The number of benzene rings is 2. The van der Waals surface area contributed by atoms with Crippen molar-refractivity contribution in [3.8, 4) is 5.75 Å². The Bertz CT molecular complexity index is 1360. The Balaban J connectivity index is 1.66. The molecule has 0 spiro atoms. The molecule has 0 aromatic heterocycles. The van der Waals surface area contributed by atoms with Crippen molar-refractivity contribution in [1.82, 2.24) is 10.2 Å². The first kappa shape index (κ1) is 36.0. The van der Waals surface area contributed by atoms with Gasteiger partial charge in [-0.25, -0.2) is 0 Å². The lowest BCUT2D eigenvalue weighted by atomic mass is 9.75. The molecule has 0 heterocycles. The monoisotopic (exact) mass is 772 g/mol. The molecule has 11 heteroatoms. The van der Waals surface area contributed by atoms with Crippen LogP contribution in [-0.2, 0) is 20.9 Å². The van der Waals surface area contributed by atoms with Crippen LogP contribution in [0.15, 0.2) is 54.1 Å². The van der Waals surface area contributed by atoms with Gasteiger partial charge in [0.2, 0.25) is 11.8 Å². The third kappa shape index (κ3) is 9.58. The number of para-hydroxylation sites is 1. The molecule has 6 atom stereocenters. The maximum atomic E-state index is 14.1. The molecule has 0 unspecified atom stereocenters. The largest absolute Gasteiger partial charge is 0.482 e. The Morgan fingerprint density at radius 1 is 1.13 bits per heavy atom. The van der Waals surface area contributed by atoms with E-state index < -0.39 is 24.2 Å². The number of aliphatic hydroxyl groups is 2. The highest BCUT2D eigenvalue weighted by atomic mass is 127. The number of amides is 2. The molecular formula is C34H43Cl2IN2O6. The maximum absolute atomic E-state index is 14.1. The van der Waals surface area contributed by atoms with Crippen LogP contribution in [0, 0.1) is 21.3 Å². The summed E-state index contributed by atoms with van der Waals surface area (Å²) in [4.78, 5) is 28.9. The average molecular weight is 774 g/mol. The van der Waals surface area contributed by atoms with Crippen molar-refractivity contribution >= 4 is 57.6 Å². The van der Waals surface area contributed by atoms with Crippen molar-refractivity contribution in [3.05, 3.63) is 73.3 Å². The van der Waals surface area contributed by atoms with Crippen molar-refractivity contribution in [2.24, 2.45) is 17.8 Å². The Morgan fingerprint density at radius 2 is 1.89 bits per heavy atom. The number of carbonyl (C=O) groups is 2. The average Bonchev–Trinajstić information content (AvgIpc) is 3.01. The summed E-state index contributed by atoms with van der Waals surface area (Å²) in [6.45, 7) is 6.40. The van der Waals surface area contributed by atoms with Crippen LogP contribution in [-0.4, -0.2) is 71.0 Å². The maximum Gasteiger partial charge on any atom is 0.249 e. The van der Waals surface area contributed by atoms with Crippen molar-refractivity contribution < 1.29 is 29.3 Å². The van der Waals surface area contributed by atoms with E-state index in [1.54, 1.807) is 35.2 Å². The first-order valence-corrected chi connectivity index (χ1v) is 17.4. The number of ether oxygens (including phenoxy) is 2. The zero-order valence-electron chi connectivity index (χ0n) is 25.9. The lowest BCUT2D eigenvalue weighted by Gasteiger charge is -2.41. The number of carbonyl (C=O) groups excluding carboxylic acids is 2. The minimum atomic E-state index is -1.17. The SMILES string of the molecule is CC(C)[C@H]1CC[C@H](C)C[C@@H]1OCC(=O)N(Cc1ccc(Cl)c(Cl)c1)[C@@H]1CC(C(=O)NCCO)=C[C@H](Oc2ccccc2I)[C@H]1O. The van der Waals surface area contributed by atoms with Crippen LogP contribution in [0.3, 0.4) is 0 Å². The zero-order valence-corrected chi connectivity index (χ0v) is 29.6. The van der Waals surface area contributed by atoms with Gasteiger partial charge >= 0.3 is 0 Å². The normalized spacial score (nSPS) is 25.0. The second kappa shape index (κ2) is 16.8. The molecule has 0 aliphatic heterocycles. The summed E-state index contributed by atoms with van der Waals surface area (Å²) in [5.41, 5.74) is 1.07. The van der Waals surface area contributed by atoms with Gasteiger partial charge in [-0.1, -0.05) is 68.6 Å². The zero-order chi connectivity index (χ0) is 32.7. The standard InChI is InChI=1S/C34H43Cl2IN2O6/c1-20(2)24-10-8-21(3)14-30(24)44-19-32(41)39(18-22-9-11-25(35)26(36)15-22)28-16-23(34(43)38-12-13-40)17-31(33(28)42)45-29-7-5-4-6-27(29)37/h4-7,9,11,15,17,20-21,24,28,30-31,33,40,42H,8,10,12-14,16,18-19H2,1-3H3,(H,38,43)/t21-,24+,28+,30-,31-,33-/m0/s1. The summed E-state index contributed by atoms with van der Waals surface area (Å²) >= 11 is 14.7. The molecule has 2 aromatic rings. The Kier molecular flexibility index (Phi) is 13.4. The van der Waals surface area contributed by atoms with Gasteiger partial charge < -0.3 is 29.9 Å². The molecule has 2 aromatic carbocycles.